The zero-order chi connectivity index (χ0) is 14.8. The molecule has 0 bridgehead atoms. The van der Waals surface area contributed by atoms with Gasteiger partial charge in [-0.15, -0.1) is 0 Å². The van der Waals surface area contributed by atoms with Crippen LogP contribution in [0.25, 0.3) is 0 Å². The minimum absolute atomic E-state index is 0.100. The molecule has 0 rings (SSSR count). The first-order chi connectivity index (χ1) is 7.87. The first kappa shape index (κ1) is 17.9. The van der Waals surface area contributed by atoms with Crippen molar-refractivity contribution in [3.05, 3.63) is 0 Å². The fourth-order valence-corrected chi connectivity index (χ4v) is 2.67. The van der Waals surface area contributed by atoms with Crippen molar-refractivity contribution >= 4 is 0 Å². The van der Waals surface area contributed by atoms with E-state index >= 15 is 0 Å². The Bertz CT molecular complexity index is 254. The van der Waals surface area contributed by atoms with Gasteiger partial charge in [-0.05, 0) is 67.3 Å². The Labute approximate surface area is 115 Å². The van der Waals surface area contributed by atoms with Crippen molar-refractivity contribution < 1.29 is 4.74 Å². The van der Waals surface area contributed by atoms with Crippen LogP contribution in [0.1, 0.15) is 68.7 Å². The van der Waals surface area contributed by atoms with Crippen molar-refractivity contribution in [1.82, 2.24) is 4.90 Å². The molecule has 0 aromatic rings. The zero-order valence-electron chi connectivity index (χ0n) is 14.3. The van der Waals surface area contributed by atoms with E-state index in [0.29, 0.717) is 6.04 Å². The van der Waals surface area contributed by atoms with Gasteiger partial charge in [0.1, 0.15) is 0 Å². The van der Waals surface area contributed by atoms with Crippen LogP contribution < -0.4 is 0 Å². The Hall–Kier alpha value is -0.0800. The molecule has 0 atom stereocenters. The lowest BCUT2D eigenvalue weighted by atomic mass is 9.69. The van der Waals surface area contributed by atoms with E-state index in [4.69, 9.17) is 4.74 Å². The predicted molar refractivity (Wildman–Crippen MR) is 81.1 cm³/mol. The highest BCUT2D eigenvalue weighted by Crippen LogP contribution is 2.42. The van der Waals surface area contributed by atoms with Gasteiger partial charge in [0.2, 0.25) is 0 Å². The Kier molecular flexibility index (Phi) is 5.89. The van der Waals surface area contributed by atoms with Gasteiger partial charge in [0.25, 0.3) is 0 Å². The molecule has 18 heavy (non-hydrogen) atoms. The molecule has 110 valence electrons. The summed E-state index contributed by atoms with van der Waals surface area (Å²) in [5.74, 6) is 0. The maximum atomic E-state index is 5.96. The fourth-order valence-electron chi connectivity index (χ4n) is 2.67. The highest BCUT2D eigenvalue weighted by atomic mass is 16.5. The van der Waals surface area contributed by atoms with Crippen molar-refractivity contribution in [3.8, 4) is 0 Å². The second kappa shape index (κ2) is 5.92. The second-order valence-corrected chi connectivity index (χ2v) is 7.52. The van der Waals surface area contributed by atoms with Crippen molar-refractivity contribution in [2.24, 2.45) is 5.41 Å². The van der Waals surface area contributed by atoms with Gasteiger partial charge < -0.3 is 4.74 Å². The summed E-state index contributed by atoms with van der Waals surface area (Å²) in [6, 6.07) is 0.561. The molecule has 0 heterocycles. The largest absolute Gasteiger partial charge is 0.375 e. The van der Waals surface area contributed by atoms with Crippen LogP contribution >= 0.6 is 0 Å². The van der Waals surface area contributed by atoms with Crippen LogP contribution in [0.5, 0.6) is 0 Å². The lowest BCUT2D eigenvalue weighted by Crippen LogP contribution is -2.52. The molecule has 0 aliphatic carbocycles. The molecule has 0 N–H and O–H groups in total. The van der Waals surface area contributed by atoms with Crippen LogP contribution in [0.4, 0.5) is 0 Å². The smallest absolute Gasteiger partial charge is 0.0677 e. The highest BCUT2D eigenvalue weighted by molar-refractivity contribution is 4.95. The molecular formula is C16H35NO. The SMILES string of the molecule is CCOC(C)(C)C(C)(C)CC(C)(C)N(C)C(C)C. The Balaban J connectivity index is 4.96. The highest BCUT2D eigenvalue weighted by Gasteiger charge is 2.42. The molecule has 0 amide bonds. The van der Waals surface area contributed by atoms with E-state index in [9.17, 15) is 0 Å². The molecule has 0 aliphatic rings. The van der Waals surface area contributed by atoms with E-state index in [-0.39, 0.29) is 16.6 Å². The number of hydrogen-bond donors (Lipinski definition) is 0. The maximum absolute atomic E-state index is 5.96. The predicted octanol–water partition coefficient (Wildman–Crippen LogP) is 4.34. The molecule has 0 unspecified atom stereocenters. The molecule has 0 aromatic carbocycles. The van der Waals surface area contributed by atoms with E-state index in [1.54, 1.807) is 0 Å². The molecule has 0 fully saturated rings. The van der Waals surface area contributed by atoms with Gasteiger partial charge in [0, 0.05) is 18.2 Å². The van der Waals surface area contributed by atoms with Crippen LogP contribution in [0.2, 0.25) is 0 Å². The lowest BCUT2D eigenvalue weighted by Gasteiger charge is -2.49. The summed E-state index contributed by atoms with van der Waals surface area (Å²) in [5.41, 5.74) is 0.207. The third kappa shape index (κ3) is 4.24. The summed E-state index contributed by atoms with van der Waals surface area (Å²) in [7, 11) is 2.22. The van der Waals surface area contributed by atoms with E-state index < -0.39 is 0 Å². The van der Waals surface area contributed by atoms with Crippen molar-refractivity contribution in [2.45, 2.75) is 85.9 Å². The van der Waals surface area contributed by atoms with Gasteiger partial charge in [-0.3, -0.25) is 4.90 Å². The van der Waals surface area contributed by atoms with Gasteiger partial charge in [0.05, 0.1) is 5.60 Å². The minimum atomic E-state index is -0.100. The van der Waals surface area contributed by atoms with Crippen molar-refractivity contribution in [2.75, 3.05) is 13.7 Å². The Morgan fingerprint density at radius 3 is 1.78 bits per heavy atom. The van der Waals surface area contributed by atoms with Crippen molar-refractivity contribution in [1.29, 1.82) is 0 Å². The van der Waals surface area contributed by atoms with Crippen molar-refractivity contribution in [3.63, 3.8) is 0 Å². The molecule has 2 nitrogen and oxygen atoms in total. The van der Waals surface area contributed by atoms with Gasteiger partial charge in [-0.1, -0.05) is 13.8 Å². The first-order valence-electron chi connectivity index (χ1n) is 7.24. The van der Waals surface area contributed by atoms with E-state index in [1.807, 2.05) is 0 Å². The van der Waals surface area contributed by atoms with Gasteiger partial charge in [0.15, 0.2) is 0 Å². The molecular weight excluding hydrogens is 222 g/mol. The average Bonchev–Trinajstić information content (AvgIpc) is 2.14. The van der Waals surface area contributed by atoms with Gasteiger partial charge >= 0.3 is 0 Å². The molecule has 0 radical (unpaired) electrons. The Morgan fingerprint density at radius 2 is 1.44 bits per heavy atom. The second-order valence-electron chi connectivity index (χ2n) is 7.52. The standard InChI is InChI=1S/C16H35NO/c1-11-18-16(8,9)14(4,5)12-15(6,7)17(10)13(2)3/h13H,11-12H2,1-10H3. The first-order valence-corrected chi connectivity index (χ1v) is 7.24. The van der Waals surface area contributed by atoms with E-state index in [1.165, 1.54) is 0 Å². The third-order valence-electron chi connectivity index (χ3n) is 4.74. The molecule has 0 aliphatic heterocycles. The van der Waals surface area contributed by atoms with Crippen LogP contribution in [0.15, 0.2) is 0 Å². The number of rotatable bonds is 7. The average molecular weight is 257 g/mol. The molecule has 2 heteroatoms. The number of nitrogens with zero attached hydrogens (tertiary/aromatic N) is 1. The number of ether oxygens (including phenoxy) is 1. The van der Waals surface area contributed by atoms with E-state index in [2.05, 4.69) is 74.3 Å². The molecule has 0 saturated carbocycles. The van der Waals surface area contributed by atoms with Crippen LogP contribution in [-0.2, 0) is 4.74 Å². The van der Waals surface area contributed by atoms with Crippen LogP contribution in [0.3, 0.4) is 0 Å². The lowest BCUT2D eigenvalue weighted by molar-refractivity contribution is -0.112. The minimum Gasteiger partial charge on any atom is -0.375 e. The Morgan fingerprint density at radius 1 is 1.00 bits per heavy atom. The summed E-state index contributed by atoms with van der Waals surface area (Å²) in [6.45, 7) is 21.1. The van der Waals surface area contributed by atoms with E-state index in [0.717, 1.165) is 13.0 Å². The summed E-state index contributed by atoms with van der Waals surface area (Å²) in [6.07, 6.45) is 1.11. The quantitative estimate of drug-likeness (QED) is 0.673. The monoisotopic (exact) mass is 257 g/mol. The molecule has 0 aromatic heterocycles. The fraction of sp³-hybridized carbons (Fsp3) is 1.00. The van der Waals surface area contributed by atoms with Crippen LogP contribution in [-0.4, -0.2) is 35.7 Å². The van der Waals surface area contributed by atoms with Gasteiger partial charge in [-0.2, -0.15) is 0 Å². The zero-order valence-corrected chi connectivity index (χ0v) is 14.3. The van der Waals surface area contributed by atoms with Gasteiger partial charge in [-0.25, -0.2) is 0 Å². The summed E-state index contributed by atoms with van der Waals surface area (Å²) >= 11 is 0. The number of hydrogen-bond acceptors (Lipinski definition) is 2. The molecule has 0 spiro atoms. The normalized spacial score (nSPS) is 14.7. The van der Waals surface area contributed by atoms with Crippen LogP contribution in [0, 0.1) is 5.41 Å². The maximum Gasteiger partial charge on any atom is 0.0677 e. The third-order valence-corrected chi connectivity index (χ3v) is 4.74. The topological polar surface area (TPSA) is 12.5 Å². The summed E-state index contributed by atoms with van der Waals surface area (Å²) in [4.78, 5) is 2.46. The summed E-state index contributed by atoms with van der Waals surface area (Å²) in [5, 5.41) is 0. The summed E-state index contributed by atoms with van der Waals surface area (Å²) < 4.78 is 5.96. The molecule has 0 saturated heterocycles.